The van der Waals surface area contributed by atoms with Crippen LogP contribution in [0.3, 0.4) is 0 Å². The van der Waals surface area contributed by atoms with Crippen LogP contribution in [0.15, 0.2) is 22.7 Å². The van der Waals surface area contributed by atoms with Gasteiger partial charge in [0.1, 0.15) is 11.9 Å². The molecule has 0 aliphatic carbocycles. The number of hydrogen-bond donors (Lipinski definition) is 0. The molecule has 1 unspecified atom stereocenters. The monoisotopic (exact) mass is 254 g/mol. The van der Waals surface area contributed by atoms with Crippen molar-refractivity contribution in [3.8, 4) is 0 Å². The Labute approximate surface area is 103 Å². The lowest BCUT2D eigenvalue weighted by molar-refractivity contribution is 0.276. The molecule has 0 spiro atoms. The molecule has 0 N–H and O–H groups in total. The molecule has 1 aliphatic rings. The van der Waals surface area contributed by atoms with Gasteiger partial charge in [-0.15, -0.1) is 0 Å². The minimum atomic E-state index is -0.711. The fourth-order valence-corrected chi connectivity index (χ4v) is 2.39. The lowest BCUT2D eigenvalue weighted by atomic mass is 10.2. The Morgan fingerprint density at radius 3 is 3.18 bits per heavy atom. The molecule has 2 aromatic rings. The van der Waals surface area contributed by atoms with Gasteiger partial charge in [0.2, 0.25) is 0 Å². The zero-order valence-electron chi connectivity index (χ0n) is 9.20. The largest absolute Gasteiger partial charge is 0.356 e. The molecule has 0 bridgehead atoms. The summed E-state index contributed by atoms with van der Waals surface area (Å²) in [6.45, 7) is 1.87. The molecule has 1 aromatic heterocycles. The number of likely N-dealkylation sites (tertiary alicyclic amines) is 1. The standard InChI is InChI=1S/C12H12ClFN2O/c13-8-1-2-12-10(5-8)11(15-17-12)7-16-4-3-9(14)6-16/h1-2,5,9H,3-4,6-7H2. The molecule has 3 rings (SSSR count). The maximum Gasteiger partial charge on any atom is 0.167 e. The van der Waals surface area contributed by atoms with Gasteiger partial charge in [0.15, 0.2) is 5.58 Å². The van der Waals surface area contributed by atoms with Gasteiger partial charge in [0, 0.05) is 30.0 Å². The molecule has 1 aromatic carbocycles. The molecule has 1 aliphatic heterocycles. The molecular weight excluding hydrogens is 243 g/mol. The highest BCUT2D eigenvalue weighted by atomic mass is 35.5. The van der Waals surface area contributed by atoms with Crippen LogP contribution in [0.1, 0.15) is 12.1 Å². The van der Waals surface area contributed by atoms with E-state index in [1.807, 2.05) is 11.0 Å². The zero-order chi connectivity index (χ0) is 11.8. The molecule has 90 valence electrons. The van der Waals surface area contributed by atoms with Gasteiger partial charge in [0.05, 0.1) is 0 Å². The molecule has 1 atom stereocenters. The van der Waals surface area contributed by atoms with E-state index in [9.17, 15) is 4.39 Å². The van der Waals surface area contributed by atoms with Crippen molar-refractivity contribution in [3.63, 3.8) is 0 Å². The van der Waals surface area contributed by atoms with E-state index in [4.69, 9.17) is 16.1 Å². The third-order valence-corrected chi connectivity index (χ3v) is 3.33. The van der Waals surface area contributed by atoms with E-state index in [0.29, 0.717) is 24.5 Å². The molecule has 1 saturated heterocycles. The molecule has 1 fully saturated rings. The Hall–Kier alpha value is -1.13. The van der Waals surface area contributed by atoms with E-state index in [1.165, 1.54) is 0 Å². The smallest absolute Gasteiger partial charge is 0.167 e. The Morgan fingerprint density at radius 2 is 2.41 bits per heavy atom. The van der Waals surface area contributed by atoms with Gasteiger partial charge in [-0.2, -0.15) is 0 Å². The fraction of sp³-hybridized carbons (Fsp3) is 0.417. The topological polar surface area (TPSA) is 29.3 Å². The van der Waals surface area contributed by atoms with Crippen LogP contribution < -0.4 is 0 Å². The molecule has 0 saturated carbocycles. The van der Waals surface area contributed by atoms with Crippen LogP contribution >= 0.6 is 11.6 Å². The third-order valence-electron chi connectivity index (χ3n) is 3.09. The van der Waals surface area contributed by atoms with Gasteiger partial charge in [0.25, 0.3) is 0 Å². The number of hydrogen-bond acceptors (Lipinski definition) is 3. The van der Waals surface area contributed by atoms with Crippen molar-refractivity contribution < 1.29 is 8.91 Å². The Balaban J connectivity index is 1.87. The quantitative estimate of drug-likeness (QED) is 0.825. The van der Waals surface area contributed by atoms with E-state index < -0.39 is 6.17 Å². The highest BCUT2D eigenvalue weighted by Crippen LogP contribution is 2.24. The van der Waals surface area contributed by atoms with Crippen molar-refractivity contribution in [1.82, 2.24) is 10.1 Å². The van der Waals surface area contributed by atoms with Crippen LogP contribution in [0.5, 0.6) is 0 Å². The SMILES string of the molecule is FC1CCN(Cc2noc3ccc(Cl)cc23)C1. The number of rotatable bonds is 2. The Kier molecular flexibility index (Phi) is 2.76. The summed E-state index contributed by atoms with van der Waals surface area (Å²) in [6.07, 6.45) is -0.104. The van der Waals surface area contributed by atoms with Gasteiger partial charge >= 0.3 is 0 Å². The van der Waals surface area contributed by atoms with Gasteiger partial charge < -0.3 is 4.52 Å². The number of alkyl halides is 1. The van der Waals surface area contributed by atoms with Gasteiger partial charge in [-0.1, -0.05) is 16.8 Å². The van der Waals surface area contributed by atoms with Crippen molar-refractivity contribution in [2.24, 2.45) is 0 Å². The van der Waals surface area contributed by atoms with E-state index in [2.05, 4.69) is 5.16 Å². The summed E-state index contributed by atoms with van der Waals surface area (Å²) in [4.78, 5) is 2.04. The van der Waals surface area contributed by atoms with E-state index in [0.717, 1.165) is 23.2 Å². The first-order chi connectivity index (χ1) is 8.22. The van der Waals surface area contributed by atoms with Crippen molar-refractivity contribution in [1.29, 1.82) is 0 Å². The van der Waals surface area contributed by atoms with Crippen molar-refractivity contribution in [2.75, 3.05) is 13.1 Å². The second-order valence-corrected chi connectivity index (χ2v) is 4.83. The van der Waals surface area contributed by atoms with E-state index >= 15 is 0 Å². The molecule has 5 heteroatoms. The van der Waals surface area contributed by atoms with Crippen molar-refractivity contribution in [3.05, 3.63) is 28.9 Å². The molecule has 2 heterocycles. The first-order valence-electron chi connectivity index (χ1n) is 5.62. The summed E-state index contributed by atoms with van der Waals surface area (Å²) in [6, 6.07) is 5.41. The highest BCUT2D eigenvalue weighted by molar-refractivity contribution is 6.31. The van der Waals surface area contributed by atoms with Gasteiger partial charge in [-0.25, -0.2) is 4.39 Å². The molecule has 0 radical (unpaired) electrons. The predicted molar refractivity (Wildman–Crippen MR) is 63.8 cm³/mol. The van der Waals surface area contributed by atoms with E-state index in [1.54, 1.807) is 12.1 Å². The second kappa shape index (κ2) is 4.27. The average Bonchev–Trinajstić information content (AvgIpc) is 2.87. The summed E-state index contributed by atoms with van der Waals surface area (Å²) in [7, 11) is 0. The predicted octanol–water partition coefficient (Wildman–Crippen LogP) is 3.03. The van der Waals surface area contributed by atoms with Gasteiger partial charge in [-0.05, 0) is 24.6 Å². The number of benzene rings is 1. The maximum absolute atomic E-state index is 13.1. The summed E-state index contributed by atoms with van der Waals surface area (Å²) in [5.74, 6) is 0. The first-order valence-corrected chi connectivity index (χ1v) is 6.00. The van der Waals surface area contributed by atoms with Crippen LogP contribution in [-0.2, 0) is 6.54 Å². The van der Waals surface area contributed by atoms with Gasteiger partial charge in [-0.3, -0.25) is 4.90 Å². The minimum absolute atomic E-state index is 0.481. The van der Waals surface area contributed by atoms with Crippen LogP contribution in [0.2, 0.25) is 5.02 Å². The summed E-state index contributed by atoms with van der Waals surface area (Å²) in [5.41, 5.74) is 1.55. The van der Waals surface area contributed by atoms with Crippen molar-refractivity contribution in [2.45, 2.75) is 19.1 Å². The maximum atomic E-state index is 13.1. The lowest BCUT2D eigenvalue weighted by Gasteiger charge is -2.11. The fourth-order valence-electron chi connectivity index (χ4n) is 2.22. The molecule has 0 amide bonds. The number of fused-ring (bicyclic) bond motifs is 1. The second-order valence-electron chi connectivity index (χ2n) is 4.39. The minimum Gasteiger partial charge on any atom is -0.356 e. The highest BCUT2D eigenvalue weighted by Gasteiger charge is 2.23. The molecule has 3 nitrogen and oxygen atoms in total. The van der Waals surface area contributed by atoms with E-state index in [-0.39, 0.29) is 0 Å². The molecular formula is C12H12ClFN2O. The van der Waals surface area contributed by atoms with Crippen LogP contribution in [0.25, 0.3) is 11.0 Å². The number of aromatic nitrogens is 1. The summed E-state index contributed by atoms with van der Waals surface area (Å²) < 4.78 is 18.3. The number of nitrogens with zero attached hydrogens (tertiary/aromatic N) is 2. The van der Waals surface area contributed by atoms with Crippen LogP contribution in [0, 0.1) is 0 Å². The Bertz CT molecular complexity index is 542. The summed E-state index contributed by atoms with van der Waals surface area (Å²) in [5, 5.41) is 5.60. The number of halogens is 2. The van der Waals surface area contributed by atoms with Crippen molar-refractivity contribution >= 4 is 22.6 Å². The summed E-state index contributed by atoms with van der Waals surface area (Å²) >= 11 is 5.94. The lowest BCUT2D eigenvalue weighted by Crippen LogP contribution is -2.20. The average molecular weight is 255 g/mol. The normalized spacial score (nSPS) is 21.4. The first kappa shape index (κ1) is 11.0. The third kappa shape index (κ3) is 2.15. The van der Waals surface area contributed by atoms with Crippen LogP contribution in [0.4, 0.5) is 4.39 Å². The Morgan fingerprint density at radius 1 is 1.53 bits per heavy atom. The molecule has 17 heavy (non-hydrogen) atoms. The van der Waals surface area contributed by atoms with Crippen LogP contribution in [-0.4, -0.2) is 29.3 Å². The zero-order valence-corrected chi connectivity index (χ0v) is 9.95.